The quantitative estimate of drug-likeness (QED) is 0.543. The van der Waals surface area contributed by atoms with Gasteiger partial charge in [-0.25, -0.2) is 9.97 Å². The molecule has 0 atom stereocenters. The molecule has 0 saturated heterocycles. The molecule has 0 bridgehead atoms. The third kappa shape index (κ3) is 4.15. The molecule has 0 unspecified atom stereocenters. The number of halogens is 3. The zero-order chi connectivity index (χ0) is 18.7. The average molecular weight is 364 g/mol. The molecule has 0 saturated carbocycles. The number of anilines is 1. The summed E-state index contributed by atoms with van der Waals surface area (Å²) in [6.45, 7) is 0.143. The van der Waals surface area contributed by atoms with Crippen molar-refractivity contribution in [1.29, 1.82) is 0 Å². The number of nitrogens with one attached hydrogen (secondary N) is 1. The van der Waals surface area contributed by atoms with Gasteiger partial charge in [0.15, 0.2) is 0 Å². The van der Waals surface area contributed by atoms with Gasteiger partial charge in [0.1, 0.15) is 17.9 Å². The van der Waals surface area contributed by atoms with E-state index in [0.29, 0.717) is 22.3 Å². The molecule has 0 aliphatic rings. The standard InChI is InChI=1S/C16H11F3N4O3/c17-16(18,19)26-12-3-1-2-10(6-12)8-20-15-13-7-11(23(24)25)4-5-14(13)21-9-22-15/h1-7,9H,8H2,(H,20,21,22). The van der Waals surface area contributed by atoms with E-state index in [1.807, 2.05) is 0 Å². The molecule has 0 aliphatic heterocycles. The Bertz CT molecular complexity index is 963. The van der Waals surface area contributed by atoms with Crippen LogP contribution in [-0.4, -0.2) is 21.3 Å². The average Bonchev–Trinajstić information content (AvgIpc) is 2.58. The Morgan fingerprint density at radius 3 is 2.69 bits per heavy atom. The lowest BCUT2D eigenvalue weighted by molar-refractivity contribution is -0.384. The minimum Gasteiger partial charge on any atom is -0.406 e. The molecule has 7 nitrogen and oxygen atoms in total. The van der Waals surface area contributed by atoms with Crippen molar-refractivity contribution in [2.24, 2.45) is 0 Å². The lowest BCUT2D eigenvalue weighted by atomic mass is 10.2. The Morgan fingerprint density at radius 1 is 1.15 bits per heavy atom. The summed E-state index contributed by atoms with van der Waals surface area (Å²) in [6.07, 6.45) is -3.48. The summed E-state index contributed by atoms with van der Waals surface area (Å²) in [7, 11) is 0. The second-order valence-corrected chi connectivity index (χ2v) is 5.23. The van der Waals surface area contributed by atoms with Gasteiger partial charge < -0.3 is 10.1 Å². The Morgan fingerprint density at radius 2 is 1.96 bits per heavy atom. The molecule has 3 rings (SSSR count). The van der Waals surface area contributed by atoms with Gasteiger partial charge in [-0.1, -0.05) is 12.1 Å². The SMILES string of the molecule is O=[N+]([O-])c1ccc2ncnc(NCc3cccc(OC(F)(F)F)c3)c2c1. The van der Waals surface area contributed by atoms with E-state index in [1.165, 1.54) is 42.7 Å². The van der Waals surface area contributed by atoms with Crippen LogP contribution >= 0.6 is 0 Å². The number of nitro groups is 1. The summed E-state index contributed by atoms with van der Waals surface area (Å²) in [5, 5.41) is 14.3. The predicted octanol–water partition coefficient (Wildman–Crippen LogP) is 4.05. The van der Waals surface area contributed by atoms with E-state index in [1.54, 1.807) is 6.07 Å². The number of alkyl halides is 3. The van der Waals surface area contributed by atoms with Crippen LogP contribution in [0.3, 0.4) is 0 Å². The van der Waals surface area contributed by atoms with Gasteiger partial charge in [0.25, 0.3) is 5.69 Å². The molecular weight excluding hydrogens is 353 g/mol. The summed E-state index contributed by atoms with van der Waals surface area (Å²) in [5.74, 6) is 0.000765. The zero-order valence-electron chi connectivity index (χ0n) is 13.0. The molecule has 0 aliphatic carbocycles. The highest BCUT2D eigenvalue weighted by atomic mass is 19.4. The van der Waals surface area contributed by atoms with Crippen LogP contribution in [0.5, 0.6) is 5.75 Å². The number of non-ortho nitro benzene ring substituents is 1. The maximum Gasteiger partial charge on any atom is 0.573 e. The molecule has 0 spiro atoms. The Labute approximate surface area is 144 Å². The van der Waals surface area contributed by atoms with Crippen LogP contribution in [0.1, 0.15) is 5.56 Å². The van der Waals surface area contributed by atoms with E-state index >= 15 is 0 Å². The molecule has 0 radical (unpaired) electrons. The second kappa shape index (κ2) is 6.82. The molecule has 1 aromatic heterocycles. The van der Waals surface area contributed by atoms with Gasteiger partial charge in [-0.05, 0) is 23.8 Å². The first-order valence-corrected chi connectivity index (χ1v) is 7.29. The number of benzene rings is 2. The van der Waals surface area contributed by atoms with E-state index in [4.69, 9.17) is 0 Å². The number of fused-ring (bicyclic) bond motifs is 1. The Balaban J connectivity index is 1.83. The van der Waals surface area contributed by atoms with Crippen molar-refractivity contribution in [3.05, 3.63) is 64.5 Å². The molecule has 26 heavy (non-hydrogen) atoms. The van der Waals surface area contributed by atoms with E-state index in [-0.39, 0.29) is 18.0 Å². The van der Waals surface area contributed by atoms with Gasteiger partial charge >= 0.3 is 6.36 Å². The third-order valence-corrected chi connectivity index (χ3v) is 3.42. The molecule has 1 heterocycles. The van der Waals surface area contributed by atoms with Crippen LogP contribution in [0.25, 0.3) is 10.9 Å². The van der Waals surface area contributed by atoms with Crippen molar-refractivity contribution in [3.8, 4) is 5.75 Å². The maximum absolute atomic E-state index is 12.3. The number of nitro benzene ring substituents is 1. The second-order valence-electron chi connectivity index (χ2n) is 5.23. The van der Waals surface area contributed by atoms with Crippen molar-refractivity contribution in [2.45, 2.75) is 12.9 Å². The van der Waals surface area contributed by atoms with Crippen molar-refractivity contribution in [1.82, 2.24) is 9.97 Å². The number of ether oxygens (including phenoxy) is 1. The number of hydrogen-bond donors (Lipinski definition) is 1. The highest BCUT2D eigenvalue weighted by Crippen LogP contribution is 2.26. The summed E-state index contributed by atoms with van der Waals surface area (Å²) < 4.78 is 40.8. The smallest absolute Gasteiger partial charge is 0.406 e. The van der Waals surface area contributed by atoms with Crippen LogP contribution < -0.4 is 10.1 Å². The van der Waals surface area contributed by atoms with Crippen LogP contribution in [-0.2, 0) is 6.54 Å². The van der Waals surface area contributed by atoms with E-state index in [0.717, 1.165) is 0 Å². The minimum absolute atomic E-state index is 0.115. The fraction of sp³-hybridized carbons (Fsp3) is 0.125. The Kier molecular flexibility index (Phi) is 4.57. The van der Waals surface area contributed by atoms with Gasteiger partial charge in [0.2, 0.25) is 0 Å². The van der Waals surface area contributed by atoms with E-state index in [9.17, 15) is 23.3 Å². The molecule has 0 amide bonds. The molecule has 10 heteroatoms. The molecule has 1 N–H and O–H groups in total. The summed E-state index contributed by atoms with van der Waals surface area (Å²) in [4.78, 5) is 18.5. The fourth-order valence-corrected chi connectivity index (χ4v) is 2.34. The van der Waals surface area contributed by atoms with E-state index in [2.05, 4.69) is 20.0 Å². The predicted molar refractivity (Wildman–Crippen MR) is 86.6 cm³/mol. The number of hydrogen-bond acceptors (Lipinski definition) is 6. The van der Waals surface area contributed by atoms with Gasteiger partial charge in [-0.3, -0.25) is 10.1 Å². The monoisotopic (exact) mass is 364 g/mol. The summed E-state index contributed by atoms with van der Waals surface area (Å²) >= 11 is 0. The molecule has 0 fully saturated rings. The molecule has 134 valence electrons. The van der Waals surface area contributed by atoms with Gasteiger partial charge in [-0.2, -0.15) is 0 Å². The first kappa shape index (κ1) is 17.4. The van der Waals surface area contributed by atoms with Crippen molar-refractivity contribution in [2.75, 3.05) is 5.32 Å². The van der Waals surface area contributed by atoms with Gasteiger partial charge in [-0.15, -0.1) is 13.2 Å². The third-order valence-electron chi connectivity index (χ3n) is 3.42. The summed E-state index contributed by atoms with van der Waals surface area (Å²) in [5.41, 5.74) is 0.905. The number of rotatable bonds is 5. The van der Waals surface area contributed by atoms with Crippen molar-refractivity contribution >= 4 is 22.4 Å². The van der Waals surface area contributed by atoms with Gasteiger partial charge in [0, 0.05) is 24.1 Å². The maximum atomic E-state index is 12.3. The highest BCUT2D eigenvalue weighted by Gasteiger charge is 2.31. The minimum atomic E-state index is -4.77. The highest BCUT2D eigenvalue weighted by molar-refractivity contribution is 5.90. The first-order valence-electron chi connectivity index (χ1n) is 7.29. The lowest BCUT2D eigenvalue weighted by Gasteiger charge is -2.11. The number of nitrogens with zero attached hydrogens (tertiary/aromatic N) is 3. The van der Waals surface area contributed by atoms with Crippen molar-refractivity contribution < 1.29 is 22.8 Å². The van der Waals surface area contributed by atoms with Crippen LogP contribution in [0.15, 0.2) is 48.8 Å². The van der Waals surface area contributed by atoms with Crippen LogP contribution in [0, 0.1) is 10.1 Å². The van der Waals surface area contributed by atoms with Crippen molar-refractivity contribution in [3.63, 3.8) is 0 Å². The van der Waals surface area contributed by atoms with Crippen LogP contribution in [0.2, 0.25) is 0 Å². The Hall–Kier alpha value is -3.43. The van der Waals surface area contributed by atoms with Crippen LogP contribution in [0.4, 0.5) is 24.7 Å². The number of aromatic nitrogens is 2. The van der Waals surface area contributed by atoms with E-state index < -0.39 is 11.3 Å². The fourth-order valence-electron chi connectivity index (χ4n) is 2.34. The first-order chi connectivity index (χ1) is 12.3. The molecule has 2 aromatic carbocycles. The molecule has 3 aromatic rings. The zero-order valence-corrected chi connectivity index (χ0v) is 13.0. The normalized spacial score (nSPS) is 11.3. The van der Waals surface area contributed by atoms with Gasteiger partial charge in [0.05, 0.1) is 10.4 Å². The largest absolute Gasteiger partial charge is 0.573 e. The lowest BCUT2D eigenvalue weighted by Crippen LogP contribution is -2.17. The summed E-state index contributed by atoms with van der Waals surface area (Å²) in [6, 6.07) is 9.64. The topological polar surface area (TPSA) is 90.2 Å². The molecular formula is C16H11F3N4O3.